The van der Waals surface area contributed by atoms with Gasteiger partial charge in [0.1, 0.15) is 0 Å². The quantitative estimate of drug-likeness (QED) is 0.680. The van der Waals surface area contributed by atoms with E-state index in [0.717, 1.165) is 10.2 Å². The lowest BCUT2D eigenvalue weighted by Gasteiger charge is -2.04. The number of sulfonamides is 1. The van der Waals surface area contributed by atoms with Crippen molar-refractivity contribution < 1.29 is 8.42 Å². The van der Waals surface area contributed by atoms with Crippen molar-refractivity contribution in [2.45, 2.75) is 32.2 Å². The van der Waals surface area contributed by atoms with E-state index in [9.17, 15) is 8.42 Å². The molecule has 4 nitrogen and oxygen atoms in total. The Morgan fingerprint density at radius 3 is 2.38 bits per heavy atom. The van der Waals surface area contributed by atoms with Gasteiger partial charge in [0.05, 0.1) is 15.1 Å². The summed E-state index contributed by atoms with van der Waals surface area (Å²) in [5.74, 6) is 0. The number of hydrogen-bond acceptors (Lipinski definition) is 3. The zero-order valence-electron chi connectivity index (χ0n) is 13.6. The van der Waals surface area contributed by atoms with Gasteiger partial charge in [-0.25, -0.2) is 0 Å². The van der Waals surface area contributed by atoms with E-state index in [1.165, 1.54) is 34.6 Å². The fourth-order valence-electron chi connectivity index (χ4n) is 2.46. The molecule has 1 aromatic heterocycles. The number of halogens is 1. The van der Waals surface area contributed by atoms with Crippen molar-refractivity contribution in [3.63, 3.8) is 0 Å². The second-order valence-corrected chi connectivity index (χ2v) is 8.60. The van der Waals surface area contributed by atoms with Gasteiger partial charge in [-0.15, -0.1) is 4.40 Å². The molecule has 0 atom stereocenters. The largest absolute Gasteiger partial charge is 0.316 e. The number of hydrogen-bond donors (Lipinski definition) is 0. The highest BCUT2D eigenvalue weighted by Crippen LogP contribution is 2.23. The molecular formula is C17H17ClN2O2S2. The van der Waals surface area contributed by atoms with E-state index in [-0.39, 0.29) is 4.90 Å². The topological polar surface area (TPSA) is 51.4 Å². The summed E-state index contributed by atoms with van der Waals surface area (Å²) in [5.41, 5.74) is 3.37. The van der Waals surface area contributed by atoms with E-state index in [0.29, 0.717) is 16.4 Å². The molecule has 0 aliphatic heterocycles. The Balaban J connectivity index is 2.24. The summed E-state index contributed by atoms with van der Waals surface area (Å²) in [6.45, 7) is 6.73. The first-order valence-electron chi connectivity index (χ1n) is 7.49. The maximum atomic E-state index is 12.6. The van der Waals surface area contributed by atoms with E-state index < -0.39 is 10.0 Å². The van der Waals surface area contributed by atoms with Crippen LogP contribution < -0.4 is 4.80 Å². The zero-order chi connectivity index (χ0) is 17.5. The lowest BCUT2D eigenvalue weighted by Crippen LogP contribution is -2.16. The van der Waals surface area contributed by atoms with E-state index in [1.54, 1.807) is 12.1 Å². The summed E-state index contributed by atoms with van der Waals surface area (Å²) in [7, 11) is -3.77. The summed E-state index contributed by atoms with van der Waals surface area (Å²) in [6, 6.07) is 10.2. The smallest absolute Gasteiger partial charge is 0.285 e. The third-order valence-corrected chi connectivity index (χ3v) is 6.61. The predicted molar refractivity (Wildman–Crippen MR) is 99.2 cm³/mol. The van der Waals surface area contributed by atoms with Crippen molar-refractivity contribution in [2.24, 2.45) is 4.40 Å². The second-order valence-electron chi connectivity index (χ2n) is 5.55. The predicted octanol–water partition coefficient (Wildman–Crippen LogP) is 4.28. The summed E-state index contributed by atoms with van der Waals surface area (Å²) < 4.78 is 32.2. The van der Waals surface area contributed by atoms with Crippen LogP contribution in [0.2, 0.25) is 5.02 Å². The van der Waals surface area contributed by atoms with Gasteiger partial charge >= 0.3 is 0 Å². The van der Waals surface area contributed by atoms with E-state index in [2.05, 4.69) is 16.5 Å². The number of aryl methyl sites for hydroxylation is 3. The van der Waals surface area contributed by atoms with Crippen LogP contribution in [0.5, 0.6) is 0 Å². The molecule has 7 heteroatoms. The molecule has 0 fully saturated rings. The van der Waals surface area contributed by atoms with Crippen LogP contribution in [0.3, 0.4) is 0 Å². The molecule has 0 spiro atoms. The molecule has 0 amide bonds. The summed E-state index contributed by atoms with van der Waals surface area (Å²) >= 11 is 7.21. The number of rotatable bonds is 3. The fourth-order valence-corrected chi connectivity index (χ4v) is 4.96. The average molecular weight is 381 g/mol. The van der Waals surface area contributed by atoms with Crippen LogP contribution in [-0.2, 0) is 16.6 Å². The summed E-state index contributed by atoms with van der Waals surface area (Å²) in [5, 5.41) is 0.491. The molecule has 0 saturated heterocycles. The Labute approximate surface area is 150 Å². The van der Waals surface area contributed by atoms with Gasteiger partial charge in [-0.2, -0.15) is 8.42 Å². The van der Waals surface area contributed by atoms with E-state index in [1.807, 2.05) is 25.3 Å². The maximum absolute atomic E-state index is 12.6. The Morgan fingerprint density at radius 2 is 1.75 bits per heavy atom. The summed E-state index contributed by atoms with van der Waals surface area (Å²) in [6.07, 6.45) is 0. The standard InChI is InChI=1S/C17H17ClN2O2S2/c1-4-20-15-9-11(2)12(3)10-16(15)23-17(20)19-24(21,22)14-7-5-13(18)6-8-14/h5-10H,4H2,1-3H3/b19-17-. The molecule has 0 bridgehead atoms. The fraction of sp³-hybridized carbons (Fsp3) is 0.235. The number of thiazole rings is 1. The number of nitrogens with zero attached hydrogens (tertiary/aromatic N) is 2. The molecule has 3 rings (SSSR count). The zero-order valence-corrected chi connectivity index (χ0v) is 16.0. The normalized spacial score (nSPS) is 12.9. The van der Waals surface area contributed by atoms with Crippen molar-refractivity contribution in [3.8, 4) is 0 Å². The van der Waals surface area contributed by atoms with Crippen molar-refractivity contribution in [1.29, 1.82) is 0 Å². The van der Waals surface area contributed by atoms with Gasteiger partial charge in [0.15, 0.2) is 0 Å². The molecule has 0 aliphatic rings. The molecule has 1 heterocycles. The molecule has 24 heavy (non-hydrogen) atoms. The van der Waals surface area contributed by atoms with Crippen molar-refractivity contribution in [2.75, 3.05) is 0 Å². The van der Waals surface area contributed by atoms with Crippen LogP contribution in [0, 0.1) is 13.8 Å². The van der Waals surface area contributed by atoms with Crippen molar-refractivity contribution >= 4 is 43.2 Å². The number of aromatic nitrogens is 1. The molecular weight excluding hydrogens is 364 g/mol. The van der Waals surface area contributed by atoms with Gasteiger partial charge in [0.2, 0.25) is 4.80 Å². The van der Waals surface area contributed by atoms with E-state index in [4.69, 9.17) is 11.6 Å². The van der Waals surface area contributed by atoms with Gasteiger partial charge in [-0.1, -0.05) is 22.9 Å². The molecule has 3 aromatic rings. The lowest BCUT2D eigenvalue weighted by atomic mass is 10.1. The first-order chi connectivity index (χ1) is 11.3. The highest BCUT2D eigenvalue weighted by Gasteiger charge is 2.14. The monoisotopic (exact) mass is 380 g/mol. The number of benzene rings is 2. The van der Waals surface area contributed by atoms with Crippen LogP contribution in [0.25, 0.3) is 10.2 Å². The third kappa shape index (κ3) is 3.14. The second kappa shape index (κ2) is 6.35. The van der Waals surface area contributed by atoms with Crippen LogP contribution in [-0.4, -0.2) is 13.0 Å². The average Bonchev–Trinajstić information content (AvgIpc) is 2.83. The van der Waals surface area contributed by atoms with Gasteiger partial charge < -0.3 is 4.57 Å². The Bertz CT molecular complexity index is 1080. The minimum Gasteiger partial charge on any atom is -0.316 e. The molecule has 126 valence electrons. The first kappa shape index (κ1) is 17.2. The van der Waals surface area contributed by atoms with Gasteiger partial charge in [-0.3, -0.25) is 0 Å². The maximum Gasteiger partial charge on any atom is 0.285 e. The van der Waals surface area contributed by atoms with Crippen LogP contribution in [0.4, 0.5) is 0 Å². The number of fused-ring (bicyclic) bond motifs is 1. The van der Waals surface area contributed by atoms with Crippen LogP contribution in [0.15, 0.2) is 45.7 Å². The Kier molecular flexibility index (Phi) is 4.55. The van der Waals surface area contributed by atoms with Crippen LogP contribution in [0.1, 0.15) is 18.1 Å². The summed E-state index contributed by atoms with van der Waals surface area (Å²) in [4.78, 5) is 0.617. The molecule has 0 unspecified atom stereocenters. The highest BCUT2D eigenvalue weighted by atomic mass is 35.5. The molecule has 2 aromatic carbocycles. The van der Waals surface area contributed by atoms with Gasteiger partial charge in [0, 0.05) is 11.6 Å². The molecule has 0 aliphatic carbocycles. The Hall–Kier alpha value is -1.63. The minimum absolute atomic E-state index is 0.138. The van der Waals surface area contributed by atoms with E-state index >= 15 is 0 Å². The third-order valence-electron chi connectivity index (χ3n) is 3.92. The minimum atomic E-state index is -3.77. The molecule has 0 saturated carbocycles. The van der Waals surface area contributed by atoms with Gasteiger partial charge in [0.25, 0.3) is 10.0 Å². The SMILES string of the molecule is CCn1/c(=N/S(=O)(=O)c2ccc(Cl)cc2)sc2cc(C)c(C)cc21. The first-order valence-corrected chi connectivity index (χ1v) is 10.1. The lowest BCUT2D eigenvalue weighted by molar-refractivity contribution is 0.595. The van der Waals surface area contributed by atoms with Crippen molar-refractivity contribution in [1.82, 2.24) is 4.57 Å². The molecule has 0 radical (unpaired) electrons. The van der Waals surface area contributed by atoms with Crippen LogP contribution >= 0.6 is 22.9 Å². The highest BCUT2D eigenvalue weighted by molar-refractivity contribution is 7.90. The van der Waals surface area contributed by atoms with Gasteiger partial charge in [-0.05, 0) is 68.3 Å². The Morgan fingerprint density at radius 1 is 1.12 bits per heavy atom. The van der Waals surface area contributed by atoms with Crippen molar-refractivity contribution in [3.05, 3.63) is 57.3 Å². The molecule has 0 N–H and O–H groups in total.